The van der Waals surface area contributed by atoms with Gasteiger partial charge in [0.2, 0.25) is 0 Å². The smallest absolute Gasteiger partial charge is 0.255 e. The molecule has 1 aromatic heterocycles. The quantitative estimate of drug-likeness (QED) is 0.509. The average molecular weight is 386 g/mol. The summed E-state index contributed by atoms with van der Waals surface area (Å²) in [6.45, 7) is 4.48. The Morgan fingerprint density at radius 2 is 1.69 bits per heavy atom. The molecule has 1 amide bonds. The highest BCUT2D eigenvalue weighted by molar-refractivity contribution is 6.01. The van der Waals surface area contributed by atoms with E-state index in [4.69, 9.17) is 9.26 Å². The molecular weight excluding hydrogens is 364 g/mol. The lowest BCUT2D eigenvalue weighted by Crippen LogP contribution is -2.23. The van der Waals surface area contributed by atoms with Gasteiger partial charge in [0, 0.05) is 6.54 Å². The number of benzene rings is 3. The second-order valence-electron chi connectivity index (χ2n) is 6.96. The van der Waals surface area contributed by atoms with Crippen LogP contribution in [0.4, 0.5) is 0 Å². The van der Waals surface area contributed by atoms with Crippen molar-refractivity contribution in [3.05, 3.63) is 94.9 Å². The van der Waals surface area contributed by atoms with E-state index in [-0.39, 0.29) is 5.91 Å². The van der Waals surface area contributed by atoms with Crippen LogP contribution in [0.2, 0.25) is 0 Å². The molecule has 0 bridgehead atoms. The lowest BCUT2D eigenvalue weighted by molar-refractivity contribution is 0.0946. The van der Waals surface area contributed by atoms with Gasteiger partial charge in [-0.1, -0.05) is 59.8 Å². The number of hydrogen-bond donors (Lipinski definition) is 1. The van der Waals surface area contributed by atoms with E-state index >= 15 is 0 Å². The zero-order chi connectivity index (χ0) is 20.2. The lowest BCUT2D eigenvalue weighted by atomic mass is 10.0. The molecule has 1 N–H and O–H groups in total. The maximum Gasteiger partial charge on any atom is 0.255 e. The van der Waals surface area contributed by atoms with Gasteiger partial charge in [-0.05, 0) is 42.3 Å². The zero-order valence-corrected chi connectivity index (χ0v) is 16.4. The minimum atomic E-state index is -0.173. The Bertz CT molecular complexity index is 1130. The van der Waals surface area contributed by atoms with Crippen LogP contribution in [0.5, 0.6) is 5.75 Å². The summed E-state index contributed by atoms with van der Waals surface area (Å²) in [6, 6.07) is 21.5. The Kier molecular flexibility index (Phi) is 5.29. The lowest BCUT2D eigenvalue weighted by Gasteiger charge is -2.13. The van der Waals surface area contributed by atoms with Crippen LogP contribution >= 0.6 is 0 Å². The fourth-order valence-electron chi connectivity index (χ4n) is 3.25. The molecule has 0 aliphatic carbocycles. The van der Waals surface area contributed by atoms with Crippen molar-refractivity contribution in [3.8, 4) is 5.75 Å². The van der Waals surface area contributed by atoms with Crippen LogP contribution in [-0.4, -0.2) is 11.1 Å². The number of aromatic nitrogens is 1. The number of carbonyl (C=O) groups excluding carboxylic acids is 1. The van der Waals surface area contributed by atoms with Crippen LogP contribution in [0, 0.1) is 13.8 Å². The summed E-state index contributed by atoms with van der Waals surface area (Å²) in [6.07, 6.45) is 0. The van der Waals surface area contributed by atoms with Crippen molar-refractivity contribution in [3.63, 3.8) is 0 Å². The average Bonchev–Trinajstić information content (AvgIpc) is 3.08. The molecule has 0 spiro atoms. The van der Waals surface area contributed by atoms with Crippen LogP contribution in [0.3, 0.4) is 0 Å². The Hall–Kier alpha value is -3.60. The molecule has 0 saturated heterocycles. The Balaban J connectivity index is 1.61. The van der Waals surface area contributed by atoms with Crippen molar-refractivity contribution in [1.82, 2.24) is 10.5 Å². The summed E-state index contributed by atoms with van der Waals surface area (Å²) in [5.74, 6) is 1.08. The van der Waals surface area contributed by atoms with E-state index in [2.05, 4.69) is 10.5 Å². The minimum absolute atomic E-state index is 0.173. The monoisotopic (exact) mass is 386 g/mol. The van der Waals surface area contributed by atoms with Gasteiger partial charge in [-0.2, -0.15) is 0 Å². The summed E-state index contributed by atoms with van der Waals surface area (Å²) in [7, 11) is 0. The summed E-state index contributed by atoms with van der Waals surface area (Å²) in [5, 5.41) is 8.95. The molecule has 0 atom stereocenters. The Morgan fingerprint density at radius 1 is 1.00 bits per heavy atom. The molecule has 5 nitrogen and oxygen atoms in total. The maximum absolute atomic E-state index is 13.0. The van der Waals surface area contributed by atoms with Crippen molar-refractivity contribution in [1.29, 1.82) is 0 Å². The van der Waals surface area contributed by atoms with Gasteiger partial charge in [0.15, 0.2) is 0 Å². The highest BCUT2D eigenvalue weighted by Crippen LogP contribution is 2.28. The number of ether oxygens (including phenoxy) is 1. The summed E-state index contributed by atoms with van der Waals surface area (Å²) in [5.41, 5.74) is 3.23. The molecule has 1 heterocycles. The third-order valence-electron chi connectivity index (χ3n) is 4.94. The Morgan fingerprint density at radius 3 is 2.38 bits per heavy atom. The predicted octanol–water partition coefficient (Wildman–Crippen LogP) is 4.95. The number of nitrogens with one attached hydrogen (secondary N) is 1. The second-order valence-corrected chi connectivity index (χ2v) is 6.96. The molecule has 0 radical (unpaired) electrons. The fourth-order valence-corrected chi connectivity index (χ4v) is 3.25. The zero-order valence-electron chi connectivity index (χ0n) is 16.4. The van der Waals surface area contributed by atoms with E-state index in [1.54, 1.807) is 0 Å². The predicted molar refractivity (Wildman–Crippen MR) is 112 cm³/mol. The van der Waals surface area contributed by atoms with Crippen molar-refractivity contribution in [2.75, 3.05) is 0 Å². The molecule has 0 aliphatic heterocycles. The molecule has 5 heteroatoms. The number of carbonyl (C=O) groups is 1. The van der Waals surface area contributed by atoms with E-state index < -0.39 is 0 Å². The largest absolute Gasteiger partial charge is 0.488 e. The normalized spacial score (nSPS) is 10.8. The minimum Gasteiger partial charge on any atom is -0.488 e. The summed E-state index contributed by atoms with van der Waals surface area (Å²) in [4.78, 5) is 13.0. The van der Waals surface area contributed by atoms with E-state index in [0.29, 0.717) is 24.5 Å². The number of aryl methyl sites for hydroxylation is 2. The Labute approximate surface area is 169 Å². The molecule has 4 rings (SSSR count). The van der Waals surface area contributed by atoms with Gasteiger partial charge in [0.05, 0.1) is 16.8 Å². The summed E-state index contributed by atoms with van der Waals surface area (Å²) < 4.78 is 11.3. The summed E-state index contributed by atoms with van der Waals surface area (Å²) >= 11 is 0. The first-order valence-electron chi connectivity index (χ1n) is 9.51. The third-order valence-corrected chi connectivity index (χ3v) is 4.94. The highest BCUT2D eigenvalue weighted by Gasteiger charge is 2.16. The first-order chi connectivity index (χ1) is 14.1. The number of rotatable bonds is 6. The van der Waals surface area contributed by atoms with Crippen LogP contribution in [0.25, 0.3) is 10.8 Å². The van der Waals surface area contributed by atoms with Crippen molar-refractivity contribution in [2.45, 2.75) is 27.0 Å². The number of hydrogen-bond acceptors (Lipinski definition) is 4. The van der Waals surface area contributed by atoms with Crippen molar-refractivity contribution < 1.29 is 14.1 Å². The van der Waals surface area contributed by atoms with E-state index in [0.717, 1.165) is 33.4 Å². The van der Waals surface area contributed by atoms with Crippen LogP contribution in [0.15, 0.2) is 71.3 Å². The SMILES string of the molecule is Cc1noc(C)c1COc1cc2ccccc2cc1C(=O)NCc1ccccc1. The highest BCUT2D eigenvalue weighted by atomic mass is 16.5. The number of fused-ring (bicyclic) bond motifs is 1. The fraction of sp³-hybridized carbons (Fsp3) is 0.167. The molecule has 0 aliphatic rings. The number of nitrogens with zero attached hydrogens (tertiary/aromatic N) is 1. The van der Waals surface area contributed by atoms with Gasteiger partial charge >= 0.3 is 0 Å². The number of amides is 1. The molecule has 4 aromatic rings. The molecule has 0 saturated carbocycles. The molecular formula is C24H22N2O3. The van der Waals surface area contributed by atoms with E-state index in [1.807, 2.05) is 80.6 Å². The van der Waals surface area contributed by atoms with E-state index in [1.165, 1.54) is 0 Å². The van der Waals surface area contributed by atoms with Gasteiger partial charge in [-0.3, -0.25) is 4.79 Å². The standard InChI is InChI=1S/C24H22N2O3/c1-16-22(17(2)29-26-16)15-28-23-13-20-11-7-6-10-19(20)12-21(23)24(27)25-14-18-8-4-3-5-9-18/h3-13H,14-15H2,1-2H3,(H,25,27). The molecule has 0 fully saturated rings. The maximum atomic E-state index is 13.0. The van der Waals surface area contributed by atoms with Crippen molar-refractivity contribution >= 4 is 16.7 Å². The second kappa shape index (κ2) is 8.19. The van der Waals surface area contributed by atoms with Crippen molar-refractivity contribution in [2.24, 2.45) is 0 Å². The van der Waals surface area contributed by atoms with E-state index in [9.17, 15) is 4.79 Å². The first-order valence-corrected chi connectivity index (χ1v) is 9.51. The van der Waals surface area contributed by atoms with Crippen LogP contribution in [0.1, 0.15) is 32.9 Å². The van der Waals surface area contributed by atoms with Gasteiger partial charge in [-0.25, -0.2) is 0 Å². The van der Waals surface area contributed by atoms with Crippen LogP contribution in [-0.2, 0) is 13.2 Å². The first kappa shape index (κ1) is 18.7. The topological polar surface area (TPSA) is 64.4 Å². The molecule has 29 heavy (non-hydrogen) atoms. The molecule has 3 aromatic carbocycles. The molecule has 146 valence electrons. The third kappa shape index (κ3) is 4.14. The van der Waals surface area contributed by atoms with Gasteiger partial charge in [0.1, 0.15) is 18.1 Å². The van der Waals surface area contributed by atoms with Crippen LogP contribution < -0.4 is 10.1 Å². The molecule has 0 unspecified atom stereocenters. The van der Waals surface area contributed by atoms with Gasteiger partial charge in [-0.15, -0.1) is 0 Å². The van der Waals surface area contributed by atoms with Gasteiger partial charge in [0.25, 0.3) is 5.91 Å². The van der Waals surface area contributed by atoms with Gasteiger partial charge < -0.3 is 14.6 Å².